The molecule has 1 fully saturated rings. The molecular weight excluding hydrogens is 531 g/mol. The van der Waals surface area contributed by atoms with E-state index in [1.807, 2.05) is 49.0 Å². The van der Waals surface area contributed by atoms with Crippen molar-refractivity contribution in [2.45, 2.75) is 24.7 Å². The number of carbonyl (C=O) groups excluding carboxylic acids is 1. The smallest absolute Gasteiger partial charge is 0.339 e. The number of benzene rings is 2. The number of hydrogen-bond donors (Lipinski definition) is 0. The summed E-state index contributed by atoms with van der Waals surface area (Å²) >= 11 is 12.4. The molecule has 1 aliphatic heterocycles. The van der Waals surface area contributed by atoms with E-state index in [0.29, 0.717) is 28.7 Å². The van der Waals surface area contributed by atoms with Gasteiger partial charge >= 0.3 is 6.18 Å². The largest absolute Gasteiger partial charge is 0.419 e. The molecule has 204 valence electrons. The van der Waals surface area contributed by atoms with Gasteiger partial charge in [-0.3, -0.25) is 14.6 Å². The fraction of sp³-hybridized carbons (Fsp3) is 0.500. The van der Waals surface area contributed by atoms with Gasteiger partial charge in [0.25, 0.3) is 0 Å². The average Bonchev–Trinajstić information content (AvgIpc) is 3.24. The Kier molecular flexibility index (Phi) is 9.85. The first-order valence-corrected chi connectivity index (χ1v) is 12.6. The number of amides is 1. The van der Waals surface area contributed by atoms with Crippen molar-refractivity contribution in [1.29, 1.82) is 0 Å². The van der Waals surface area contributed by atoms with Gasteiger partial charge in [0.2, 0.25) is 5.91 Å². The lowest BCUT2D eigenvalue weighted by Crippen LogP contribution is -2.41. The summed E-state index contributed by atoms with van der Waals surface area (Å²) in [4.78, 5) is 20.9. The van der Waals surface area contributed by atoms with Crippen molar-refractivity contribution >= 4 is 29.1 Å². The van der Waals surface area contributed by atoms with Gasteiger partial charge in [0, 0.05) is 44.7 Å². The van der Waals surface area contributed by atoms with Gasteiger partial charge < -0.3 is 9.80 Å². The lowest BCUT2D eigenvalue weighted by atomic mass is 9.93. The minimum atomic E-state index is -4.75. The van der Waals surface area contributed by atoms with E-state index in [0.717, 1.165) is 30.8 Å². The molecule has 0 spiro atoms. The third-order valence-corrected chi connectivity index (χ3v) is 7.42. The highest BCUT2D eigenvalue weighted by Crippen LogP contribution is 2.35. The Hall–Kier alpha value is -1.91. The molecule has 2 aromatic carbocycles. The van der Waals surface area contributed by atoms with E-state index in [9.17, 15) is 22.4 Å². The Morgan fingerprint density at radius 3 is 2.30 bits per heavy atom. The molecule has 37 heavy (non-hydrogen) atoms. The van der Waals surface area contributed by atoms with Crippen molar-refractivity contribution in [2.24, 2.45) is 0 Å². The Morgan fingerprint density at radius 1 is 1.00 bits per heavy atom. The van der Waals surface area contributed by atoms with Crippen LogP contribution in [0.5, 0.6) is 0 Å². The second kappa shape index (κ2) is 12.3. The number of likely N-dealkylation sites (N-methyl/N-ethyl adjacent to an activating group) is 3. The molecule has 5 nitrogen and oxygen atoms in total. The third-order valence-electron chi connectivity index (χ3n) is 6.68. The van der Waals surface area contributed by atoms with E-state index in [4.69, 9.17) is 23.2 Å². The van der Waals surface area contributed by atoms with E-state index >= 15 is 0 Å². The number of nitrogens with zero attached hydrogens (tertiary/aromatic N) is 4. The summed E-state index contributed by atoms with van der Waals surface area (Å²) in [7, 11) is 7.67. The van der Waals surface area contributed by atoms with E-state index in [1.54, 1.807) is 17.0 Å². The number of hydrogen-bond acceptors (Lipinski definition) is 4. The number of alkyl halides is 3. The predicted molar refractivity (Wildman–Crippen MR) is 138 cm³/mol. The van der Waals surface area contributed by atoms with Crippen LogP contribution in [0.1, 0.15) is 22.6 Å². The van der Waals surface area contributed by atoms with Crippen LogP contribution in [0, 0.1) is 5.82 Å². The molecule has 1 amide bonds. The zero-order valence-electron chi connectivity index (χ0n) is 21.3. The maximum Gasteiger partial charge on any atom is 0.419 e. The minimum absolute atomic E-state index is 0.0113. The van der Waals surface area contributed by atoms with Crippen molar-refractivity contribution in [3.8, 4) is 0 Å². The van der Waals surface area contributed by atoms with Crippen LogP contribution in [-0.4, -0.2) is 92.5 Å². The average molecular weight is 563 g/mol. The fourth-order valence-electron chi connectivity index (χ4n) is 4.58. The molecule has 3 rings (SSSR count). The Bertz CT molecular complexity index is 1100. The summed E-state index contributed by atoms with van der Waals surface area (Å²) in [6, 6.07) is 8.17. The molecule has 1 saturated heterocycles. The van der Waals surface area contributed by atoms with Crippen molar-refractivity contribution in [3.63, 3.8) is 0 Å². The van der Waals surface area contributed by atoms with Crippen LogP contribution in [0.2, 0.25) is 10.0 Å². The predicted octanol–water partition coefficient (Wildman–Crippen LogP) is 5.07. The van der Waals surface area contributed by atoms with Gasteiger partial charge in [0.05, 0.1) is 22.2 Å². The monoisotopic (exact) mass is 562 g/mol. The first-order chi connectivity index (χ1) is 17.3. The van der Waals surface area contributed by atoms with Crippen LogP contribution >= 0.6 is 23.2 Å². The molecule has 11 heteroatoms. The minimum Gasteiger partial charge on any atom is -0.339 e. The molecule has 0 saturated carbocycles. The second-order valence-corrected chi connectivity index (χ2v) is 10.7. The van der Waals surface area contributed by atoms with Crippen LogP contribution in [0.15, 0.2) is 36.4 Å². The van der Waals surface area contributed by atoms with Gasteiger partial charge in [-0.05, 0) is 63.6 Å². The van der Waals surface area contributed by atoms with Gasteiger partial charge in [-0.1, -0.05) is 35.3 Å². The zero-order chi connectivity index (χ0) is 27.5. The molecule has 1 aliphatic rings. The SMILES string of the molecule is CN(C)CCN(C)CC(=O)N1CC(N(C)Cc2ccc(C(F)(F)F)c(F)c2)[C@@H](c2ccc(Cl)c(Cl)c2)C1. The fourth-order valence-corrected chi connectivity index (χ4v) is 4.89. The summed E-state index contributed by atoms with van der Waals surface area (Å²) in [5, 5.41) is 0.822. The number of likely N-dealkylation sites (tertiary alicyclic amines) is 1. The van der Waals surface area contributed by atoms with Gasteiger partial charge in [0.15, 0.2) is 0 Å². The van der Waals surface area contributed by atoms with Gasteiger partial charge in [-0.25, -0.2) is 4.39 Å². The van der Waals surface area contributed by atoms with Crippen molar-refractivity contribution in [2.75, 3.05) is 60.9 Å². The van der Waals surface area contributed by atoms with Crippen LogP contribution in [-0.2, 0) is 17.5 Å². The lowest BCUT2D eigenvalue weighted by Gasteiger charge is -2.29. The van der Waals surface area contributed by atoms with E-state index < -0.39 is 17.6 Å². The normalized spacial score (nSPS) is 18.5. The molecule has 1 unspecified atom stereocenters. The molecule has 1 heterocycles. The van der Waals surface area contributed by atoms with E-state index in [2.05, 4.69) is 0 Å². The summed E-state index contributed by atoms with van der Waals surface area (Å²) in [6.45, 7) is 2.92. The topological polar surface area (TPSA) is 30.0 Å². The summed E-state index contributed by atoms with van der Waals surface area (Å²) in [5.74, 6) is -1.43. The van der Waals surface area contributed by atoms with Crippen molar-refractivity contribution < 1.29 is 22.4 Å². The third kappa shape index (κ3) is 7.80. The molecule has 2 aromatic rings. The Morgan fingerprint density at radius 2 is 1.70 bits per heavy atom. The molecular formula is C26H32Cl2F4N4O. The first kappa shape index (κ1) is 29.6. The quantitative estimate of drug-likeness (QED) is 0.399. The van der Waals surface area contributed by atoms with Crippen LogP contribution < -0.4 is 0 Å². The Balaban J connectivity index is 1.80. The lowest BCUT2D eigenvalue weighted by molar-refractivity contribution is -0.140. The van der Waals surface area contributed by atoms with E-state index in [-0.39, 0.29) is 31.0 Å². The van der Waals surface area contributed by atoms with Gasteiger partial charge in [-0.2, -0.15) is 13.2 Å². The van der Waals surface area contributed by atoms with Crippen molar-refractivity contribution in [1.82, 2.24) is 19.6 Å². The maximum absolute atomic E-state index is 14.2. The first-order valence-electron chi connectivity index (χ1n) is 11.9. The highest BCUT2D eigenvalue weighted by atomic mass is 35.5. The molecule has 0 N–H and O–H groups in total. The Labute approximate surface area is 225 Å². The second-order valence-electron chi connectivity index (χ2n) is 9.91. The van der Waals surface area contributed by atoms with Gasteiger partial charge in [0.1, 0.15) is 5.82 Å². The summed E-state index contributed by atoms with van der Waals surface area (Å²) < 4.78 is 53.1. The summed E-state index contributed by atoms with van der Waals surface area (Å²) in [5.41, 5.74) is 0.0267. The zero-order valence-corrected chi connectivity index (χ0v) is 22.8. The maximum atomic E-state index is 14.2. The number of rotatable bonds is 9. The molecule has 0 bridgehead atoms. The number of halogens is 6. The van der Waals surface area contributed by atoms with E-state index in [1.165, 1.54) is 6.07 Å². The van der Waals surface area contributed by atoms with Crippen molar-refractivity contribution in [3.05, 3.63) is 69.0 Å². The van der Waals surface area contributed by atoms with Gasteiger partial charge in [-0.15, -0.1) is 0 Å². The molecule has 0 aliphatic carbocycles. The van der Waals surface area contributed by atoms with Crippen LogP contribution in [0.4, 0.5) is 17.6 Å². The molecule has 0 radical (unpaired) electrons. The highest BCUT2D eigenvalue weighted by Gasteiger charge is 2.39. The molecule has 2 atom stereocenters. The highest BCUT2D eigenvalue weighted by molar-refractivity contribution is 6.42. The number of carbonyl (C=O) groups is 1. The summed E-state index contributed by atoms with van der Waals surface area (Å²) in [6.07, 6.45) is -4.75. The van der Waals surface area contributed by atoms with Crippen LogP contribution in [0.3, 0.4) is 0 Å². The standard InChI is InChI=1S/C26H32Cl2F4N4O/c1-33(2)9-10-34(3)16-25(37)36-14-19(18-6-8-21(27)22(28)12-18)24(15-36)35(4)13-17-5-7-20(23(29)11-17)26(30,31)32/h5-8,11-12,19,24H,9-10,13-16H2,1-4H3/t19-,24?/m1/s1. The van der Waals surface area contributed by atoms with Crippen LogP contribution in [0.25, 0.3) is 0 Å². The molecule has 0 aromatic heterocycles.